The van der Waals surface area contributed by atoms with E-state index < -0.39 is 0 Å². The monoisotopic (exact) mass is 425 g/mol. The average Bonchev–Trinajstić information content (AvgIpc) is 3.18. The summed E-state index contributed by atoms with van der Waals surface area (Å²) in [5.74, 6) is 0.544. The summed E-state index contributed by atoms with van der Waals surface area (Å²) < 4.78 is 1.93. The van der Waals surface area contributed by atoms with E-state index in [1.807, 2.05) is 35.3 Å². The van der Waals surface area contributed by atoms with Crippen molar-refractivity contribution in [1.29, 1.82) is 0 Å². The first-order valence-electron chi connectivity index (χ1n) is 7.91. The van der Waals surface area contributed by atoms with Crippen LogP contribution in [0.15, 0.2) is 47.7 Å². The van der Waals surface area contributed by atoms with E-state index in [4.69, 9.17) is 5.73 Å². The van der Waals surface area contributed by atoms with E-state index in [1.165, 1.54) is 31.2 Å². The van der Waals surface area contributed by atoms with Crippen LogP contribution in [0.25, 0.3) is 0 Å². The summed E-state index contributed by atoms with van der Waals surface area (Å²) in [5, 5.41) is 7.68. The molecule has 0 amide bonds. The first kappa shape index (κ1) is 17.8. The van der Waals surface area contributed by atoms with Crippen molar-refractivity contribution in [2.45, 2.75) is 44.8 Å². The Hall–Kier alpha value is -1.57. The number of nitrogens with two attached hydrogens (primary N) is 1. The van der Waals surface area contributed by atoms with Gasteiger partial charge in [0.15, 0.2) is 5.96 Å². The molecule has 3 N–H and O–H groups in total. The van der Waals surface area contributed by atoms with Crippen LogP contribution in [0.3, 0.4) is 0 Å². The van der Waals surface area contributed by atoms with Gasteiger partial charge in [-0.05, 0) is 18.4 Å². The maximum Gasteiger partial charge on any atom is 0.189 e. The SMILES string of the molecule is I.NC(=NCc1cnn(Cc2ccccc2)c1)NC1CCCC1. The number of guanidine groups is 1. The topological polar surface area (TPSA) is 68.2 Å². The normalized spacial score (nSPS) is 15.4. The maximum absolute atomic E-state index is 5.94. The molecule has 1 fully saturated rings. The van der Waals surface area contributed by atoms with Gasteiger partial charge in [0, 0.05) is 17.8 Å². The van der Waals surface area contributed by atoms with Gasteiger partial charge in [-0.2, -0.15) is 5.10 Å². The summed E-state index contributed by atoms with van der Waals surface area (Å²) in [6.07, 6.45) is 8.86. The van der Waals surface area contributed by atoms with Crippen molar-refractivity contribution < 1.29 is 0 Å². The van der Waals surface area contributed by atoms with Crippen LogP contribution in [0.1, 0.15) is 36.8 Å². The van der Waals surface area contributed by atoms with Crippen LogP contribution >= 0.6 is 24.0 Å². The number of hydrogen-bond acceptors (Lipinski definition) is 2. The molecular weight excluding hydrogens is 401 g/mol. The summed E-state index contributed by atoms with van der Waals surface area (Å²) in [6.45, 7) is 1.35. The van der Waals surface area contributed by atoms with Crippen molar-refractivity contribution in [3.8, 4) is 0 Å². The predicted octanol–water partition coefficient (Wildman–Crippen LogP) is 2.90. The molecular formula is C17H24IN5. The third-order valence-corrected chi connectivity index (χ3v) is 4.01. The lowest BCUT2D eigenvalue weighted by atomic mass is 10.2. The van der Waals surface area contributed by atoms with E-state index in [9.17, 15) is 0 Å². The standard InChI is InChI=1S/C17H23N5.HI/c18-17(21-16-8-4-5-9-16)19-10-15-11-20-22(13-15)12-14-6-2-1-3-7-14;/h1-3,6-7,11,13,16H,4-5,8-10,12H2,(H3,18,19,21);1H. The van der Waals surface area contributed by atoms with Crippen LogP contribution < -0.4 is 11.1 Å². The van der Waals surface area contributed by atoms with E-state index in [2.05, 4.69) is 27.5 Å². The molecule has 6 heteroatoms. The van der Waals surface area contributed by atoms with Gasteiger partial charge in [0.1, 0.15) is 0 Å². The van der Waals surface area contributed by atoms with Crippen molar-refractivity contribution in [3.63, 3.8) is 0 Å². The van der Waals surface area contributed by atoms with Crippen LogP contribution in [0.5, 0.6) is 0 Å². The zero-order chi connectivity index (χ0) is 15.2. The fraction of sp³-hybridized carbons (Fsp3) is 0.412. The Balaban J connectivity index is 0.00000192. The van der Waals surface area contributed by atoms with E-state index >= 15 is 0 Å². The first-order valence-corrected chi connectivity index (χ1v) is 7.91. The summed E-state index contributed by atoms with van der Waals surface area (Å²) in [6, 6.07) is 10.8. The van der Waals surface area contributed by atoms with Gasteiger partial charge in [-0.25, -0.2) is 4.99 Å². The highest BCUT2D eigenvalue weighted by molar-refractivity contribution is 14.0. The first-order chi connectivity index (χ1) is 10.8. The van der Waals surface area contributed by atoms with Gasteiger partial charge in [0.25, 0.3) is 0 Å². The molecule has 1 heterocycles. The molecule has 1 aromatic heterocycles. The number of aliphatic imine (C=N–C) groups is 1. The number of nitrogens with one attached hydrogen (secondary N) is 1. The van der Waals surface area contributed by atoms with Gasteiger partial charge in [-0.3, -0.25) is 4.68 Å². The van der Waals surface area contributed by atoms with Crippen molar-refractivity contribution in [2.75, 3.05) is 0 Å². The lowest BCUT2D eigenvalue weighted by Crippen LogP contribution is -2.38. The molecule has 0 saturated heterocycles. The molecule has 3 rings (SSSR count). The highest BCUT2D eigenvalue weighted by Crippen LogP contribution is 2.17. The third-order valence-electron chi connectivity index (χ3n) is 4.01. The van der Waals surface area contributed by atoms with Crippen LogP contribution in [0.4, 0.5) is 0 Å². The zero-order valence-corrected chi connectivity index (χ0v) is 15.5. The number of rotatable bonds is 5. The van der Waals surface area contributed by atoms with Gasteiger partial charge in [0.2, 0.25) is 0 Å². The highest BCUT2D eigenvalue weighted by Gasteiger charge is 2.14. The molecule has 0 radical (unpaired) electrons. The number of halogens is 1. The number of nitrogens with zero attached hydrogens (tertiary/aromatic N) is 3. The zero-order valence-electron chi connectivity index (χ0n) is 13.2. The van der Waals surface area contributed by atoms with Crippen LogP contribution in [-0.2, 0) is 13.1 Å². The molecule has 1 saturated carbocycles. The van der Waals surface area contributed by atoms with E-state index in [0.717, 1.165) is 12.1 Å². The minimum Gasteiger partial charge on any atom is -0.370 e. The van der Waals surface area contributed by atoms with E-state index in [0.29, 0.717) is 18.5 Å². The number of aromatic nitrogens is 2. The molecule has 23 heavy (non-hydrogen) atoms. The Labute approximate surface area is 154 Å². The van der Waals surface area contributed by atoms with Gasteiger partial charge in [-0.15, -0.1) is 24.0 Å². The fourth-order valence-corrected chi connectivity index (χ4v) is 2.85. The molecule has 1 aromatic carbocycles. The second-order valence-corrected chi connectivity index (χ2v) is 5.86. The lowest BCUT2D eigenvalue weighted by molar-refractivity contribution is 0.625. The molecule has 0 atom stereocenters. The van der Waals surface area contributed by atoms with Crippen molar-refractivity contribution >= 4 is 29.9 Å². The van der Waals surface area contributed by atoms with Crippen LogP contribution in [0.2, 0.25) is 0 Å². The van der Waals surface area contributed by atoms with E-state index in [-0.39, 0.29) is 24.0 Å². The largest absolute Gasteiger partial charge is 0.370 e. The van der Waals surface area contributed by atoms with Gasteiger partial charge >= 0.3 is 0 Å². The van der Waals surface area contributed by atoms with Crippen molar-refractivity contribution in [1.82, 2.24) is 15.1 Å². The Morgan fingerprint density at radius 2 is 1.96 bits per heavy atom. The maximum atomic E-state index is 5.94. The van der Waals surface area contributed by atoms with Crippen LogP contribution in [0, 0.1) is 0 Å². The molecule has 0 bridgehead atoms. The Kier molecular flexibility index (Phi) is 6.88. The summed E-state index contributed by atoms with van der Waals surface area (Å²) in [5.41, 5.74) is 8.26. The summed E-state index contributed by atoms with van der Waals surface area (Å²) >= 11 is 0. The lowest BCUT2D eigenvalue weighted by Gasteiger charge is -2.11. The van der Waals surface area contributed by atoms with Gasteiger partial charge in [0.05, 0.1) is 19.3 Å². The Morgan fingerprint density at radius 3 is 2.70 bits per heavy atom. The predicted molar refractivity (Wildman–Crippen MR) is 104 cm³/mol. The quantitative estimate of drug-likeness (QED) is 0.440. The molecule has 1 aliphatic carbocycles. The van der Waals surface area contributed by atoms with Gasteiger partial charge < -0.3 is 11.1 Å². The van der Waals surface area contributed by atoms with E-state index in [1.54, 1.807) is 0 Å². The minimum atomic E-state index is 0. The molecule has 0 aliphatic heterocycles. The Bertz CT molecular complexity index is 617. The van der Waals surface area contributed by atoms with Crippen molar-refractivity contribution in [3.05, 3.63) is 53.9 Å². The van der Waals surface area contributed by atoms with Crippen LogP contribution in [-0.4, -0.2) is 21.8 Å². The smallest absolute Gasteiger partial charge is 0.189 e. The minimum absolute atomic E-state index is 0. The molecule has 5 nitrogen and oxygen atoms in total. The second-order valence-electron chi connectivity index (χ2n) is 5.86. The van der Waals surface area contributed by atoms with Gasteiger partial charge in [-0.1, -0.05) is 43.2 Å². The molecule has 1 aliphatic rings. The number of hydrogen-bond donors (Lipinski definition) is 2. The average molecular weight is 425 g/mol. The molecule has 0 spiro atoms. The summed E-state index contributed by atoms with van der Waals surface area (Å²) in [7, 11) is 0. The molecule has 124 valence electrons. The Morgan fingerprint density at radius 1 is 1.22 bits per heavy atom. The third kappa shape index (κ3) is 5.53. The highest BCUT2D eigenvalue weighted by atomic mass is 127. The fourth-order valence-electron chi connectivity index (χ4n) is 2.85. The molecule has 2 aromatic rings. The van der Waals surface area contributed by atoms with Crippen molar-refractivity contribution in [2.24, 2.45) is 10.7 Å². The second kappa shape index (κ2) is 8.90. The summed E-state index contributed by atoms with van der Waals surface area (Å²) in [4.78, 5) is 4.41. The molecule has 0 unspecified atom stereocenters. The number of benzene rings is 1.